The van der Waals surface area contributed by atoms with Gasteiger partial charge < -0.3 is 15.3 Å². The Morgan fingerprint density at radius 2 is 2.00 bits per heavy atom. The average molecular weight is 312 g/mol. The van der Waals surface area contributed by atoms with Gasteiger partial charge in [-0.15, -0.1) is 11.3 Å². The molecule has 0 radical (unpaired) electrons. The van der Waals surface area contributed by atoms with Crippen LogP contribution in [0.5, 0.6) is 0 Å². The van der Waals surface area contributed by atoms with Gasteiger partial charge in [-0.05, 0) is 13.8 Å². The Bertz CT molecular complexity index is 486. The van der Waals surface area contributed by atoms with Crippen molar-refractivity contribution in [2.24, 2.45) is 0 Å². The molecule has 21 heavy (non-hydrogen) atoms. The van der Waals surface area contributed by atoms with E-state index in [1.807, 2.05) is 17.2 Å². The van der Waals surface area contributed by atoms with E-state index in [4.69, 9.17) is 5.11 Å². The number of carboxylic acids is 1. The maximum atomic E-state index is 12.2. The van der Waals surface area contributed by atoms with Crippen molar-refractivity contribution in [3.05, 3.63) is 16.6 Å². The minimum Gasteiger partial charge on any atom is -0.480 e. The van der Waals surface area contributed by atoms with Crippen LogP contribution >= 0.6 is 11.3 Å². The fourth-order valence-corrected chi connectivity index (χ4v) is 2.90. The van der Waals surface area contributed by atoms with Crippen molar-refractivity contribution in [1.82, 2.24) is 20.1 Å². The number of carbonyl (C=O) groups is 2. The van der Waals surface area contributed by atoms with Gasteiger partial charge in [0.15, 0.2) is 0 Å². The Kier molecular flexibility index (Phi) is 5.13. The first-order valence-electron chi connectivity index (χ1n) is 6.90. The Labute approximate surface area is 127 Å². The zero-order chi connectivity index (χ0) is 15.4. The molecule has 116 valence electrons. The number of thiazole rings is 1. The van der Waals surface area contributed by atoms with Gasteiger partial charge in [-0.3, -0.25) is 9.69 Å². The van der Waals surface area contributed by atoms with Crippen LogP contribution < -0.4 is 5.32 Å². The third-order valence-corrected chi connectivity index (χ3v) is 4.63. The predicted octanol–water partition coefficient (Wildman–Crippen LogP) is 1.00. The zero-order valence-corrected chi connectivity index (χ0v) is 13.0. The van der Waals surface area contributed by atoms with E-state index in [2.05, 4.69) is 10.3 Å². The van der Waals surface area contributed by atoms with Gasteiger partial charge in [-0.2, -0.15) is 0 Å². The number of urea groups is 1. The molecule has 2 rings (SSSR count). The molecule has 0 saturated carbocycles. The van der Waals surface area contributed by atoms with Gasteiger partial charge in [0.05, 0.1) is 6.04 Å². The van der Waals surface area contributed by atoms with Crippen molar-refractivity contribution in [2.75, 3.05) is 26.2 Å². The van der Waals surface area contributed by atoms with Gasteiger partial charge in [-0.1, -0.05) is 0 Å². The normalized spacial score (nSPS) is 19.0. The van der Waals surface area contributed by atoms with E-state index in [-0.39, 0.29) is 12.1 Å². The Morgan fingerprint density at radius 3 is 2.52 bits per heavy atom. The van der Waals surface area contributed by atoms with Gasteiger partial charge in [0, 0.05) is 37.8 Å². The molecule has 7 nitrogen and oxygen atoms in total. The molecule has 1 aliphatic heterocycles. The summed E-state index contributed by atoms with van der Waals surface area (Å²) in [6, 6.07) is -0.752. The number of rotatable bonds is 4. The van der Waals surface area contributed by atoms with Gasteiger partial charge in [-0.25, -0.2) is 9.78 Å². The number of amides is 2. The van der Waals surface area contributed by atoms with E-state index in [0.717, 1.165) is 5.01 Å². The number of carbonyl (C=O) groups excluding carboxylic acids is 1. The van der Waals surface area contributed by atoms with Crippen molar-refractivity contribution in [3.63, 3.8) is 0 Å². The largest absolute Gasteiger partial charge is 0.480 e. The number of nitrogens with zero attached hydrogens (tertiary/aromatic N) is 3. The molecular weight excluding hydrogens is 292 g/mol. The van der Waals surface area contributed by atoms with Crippen LogP contribution in [0.1, 0.15) is 24.9 Å². The van der Waals surface area contributed by atoms with E-state index in [9.17, 15) is 9.59 Å². The summed E-state index contributed by atoms with van der Waals surface area (Å²) in [7, 11) is 0. The third-order valence-electron chi connectivity index (χ3n) is 3.67. The lowest BCUT2D eigenvalue weighted by Crippen LogP contribution is -2.55. The van der Waals surface area contributed by atoms with Gasteiger partial charge >= 0.3 is 12.0 Å². The van der Waals surface area contributed by atoms with Crippen LogP contribution in [-0.2, 0) is 4.79 Å². The van der Waals surface area contributed by atoms with Crippen LogP contribution in [0.2, 0.25) is 0 Å². The molecule has 1 aromatic heterocycles. The zero-order valence-electron chi connectivity index (χ0n) is 12.2. The molecule has 0 aromatic carbocycles. The molecule has 0 aliphatic carbocycles. The molecule has 0 bridgehead atoms. The van der Waals surface area contributed by atoms with Crippen molar-refractivity contribution >= 4 is 23.3 Å². The summed E-state index contributed by atoms with van der Waals surface area (Å²) < 4.78 is 0. The lowest BCUT2D eigenvalue weighted by atomic mass is 10.2. The minimum absolute atomic E-state index is 0.117. The fourth-order valence-electron chi connectivity index (χ4n) is 2.26. The molecule has 2 N–H and O–H groups in total. The SMILES string of the molecule is CC(NC(=O)N1CCN(C(C)C(=O)O)CC1)c1nccs1. The number of piperazine rings is 1. The molecule has 2 atom stereocenters. The molecular formula is C13H20N4O3S. The lowest BCUT2D eigenvalue weighted by molar-refractivity contribution is -0.143. The molecule has 2 heterocycles. The van der Waals surface area contributed by atoms with Crippen LogP contribution in [0, 0.1) is 0 Å². The standard InChI is InChI=1S/C13H20N4O3S/c1-9(11-14-3-8-21-11)15-13(20)17-6-4-16(5-7-17)10(2)12(18)19/h3,8-10H,4-7H2,1-2H3,(H,15,20)(H,18,19). The van der Waals surface area contributed by atoms with Crippen LogP contribution in [0.25, 0.3) is 0 Å². The van der Waals surface area contributed by atoms with Crippen molar-refractivity contribution < 1.29 is 14.7 Å². The van der Waals surface area contributed by atoms with E-state index >= 15 is 0 Å². The monoisotopic (exact) mass is 312 g/mol. The topological polar surface area (TPSA) is 85.8 Å². The maximum absolute atomic E-state index is 12.2. The van der Waals surface area contributed by atoms with E-state index in [0.29, 0.717) is 26.2 Å². The quantitative estimate of drug-likeness (QED) is 0.866. The molecule has 1 aliphatic rings. The second kappa shape index (κ2) is 6.86. The summed E-state index contributed by atoms with van der Waals surface area (Å²) in [6.07, 6.45) is 1.72. The fraction of sp³-hybridized carbons (Fsp3) is 0.615. The average Bonchev–Trinajstić information content (AvgIpc) is 3.00. The molecule has 2 amide bonds. The van der Waals surface area contributed by atoms with Crippen molar-refractivity contribution in [2.45, 2.75) is 25.9 Å². The first-order chi connectivity index (χ1) is 9.99. The highest BCUT2D eigenvalue weighted by atomic mass is 32.1. The van der Waals surface area contributed by atoms with Crippen LogP contribution in [0.3, 0.4) is 0 Å². The second-order valence-electron chi connectivity index (χ2n) is 5.08. The summed E-state index contributed by atoms with van der Waals surface area (Å²) >= 11 is 1.51. The summed E-state index contributed by atoms with van der Waals surface area (Å²) in [5.74, 6) is -0.828. The lowest BCUT2D eigenvalue weighted by Gasteiger charge is -2.36. The summed E-state index contributed by atoms with van der Waals surface area (Å²) in [6.45, 7) is 5.79. The molecule has 1 fully saturated rings. The number of nitrogens with one attached hydrogen (secondary N) is 1. The molecule has 1 saturated heterocycles. The number of aromatic nitrogens is 1. The number of hydrogen-bond donors (Lipinski definition) is 2. The van der Waals surface area contributed by atoms with Gasteiger partial charge in [0.25, 0.3) is 0 Å². The number of aliphatic carboxylic acids is 1. The van der Waals surface area contributed by atoms with Crippen LogP contribution in [-0.4, -0.2) is 64.1 Å². The minimum atomic E-state index is -0.828. The van der Waals surface area contributed by atoms with E-state index < -0.39 is 12.0 Å². The van der Waals surface area contributed by atoms with E-state index in [1.165, 1.54) is 11.3 Å². The Hall–Kier alpha value is -1.67. The first kappa shape index (κ1) is 15.7. The molecule has 8 heteroatoms. The van der Waals surface area contributed by atoms with E-state index in [1.54, 1.807) is 18.0 Å². The number of carboxylic acid groups (broad SMARTS) is 1. The highest BCUT2D eigenvalue weighted by molar-refractivity contribution is 7.09. The van der Waals surface area contributed by atoms with Gasteiger partial charge in [0.1, 0.15) is 11.0 Å². The second-order valence-corrected chi connectivity index (χ2v) is 6.00. The highest BCUT2D eigenvalue weighted by Gasteiger charge is 2.27. The highest BCUT2D eigenvalue weighted by Crippen LogP contribution is 2.15. The predicted molar refractivity (Wildman–Crippen MR) is 79.3 cm³/mol. The smallest absolute Gasteiger partial charge is 0.320 e. The molecule has 0 spiro atoms. The first-order valence-corrected chi connectivity index (χ1v) is 7.78. The maximum Gasteiger partial charge on any atom is 0.320 e. The summed E-state index contributed by atoms with van der Waals surface area (Å²) in [4.78, 5) is 30.9. The van der Waals surface area contributed by atoms with Crippen molar-refractivity contribution in [3.8, 4) is 0 Å². The van der Waals surface area contributed by atoms with Crippen LogP contribution in [0.15, 0.2) is 11.6 Å². The third kappa shape index (κ3) is 3.92. The van der Waals surface area contributed by atoms with Gasteiger partial charge in [0.2, 0.25) is 0 Å². The Morgan fingerprint density at radius 1 is 1.33 bits per heavy atom. The van der Waals surface area contributed by atoms with Crippen molar-refractivity contribution in [1.29, 1.82) is 0 Å². The Balaban J connectivity index is 1.82. The summed E-state index contributed by atoms with van der Waals surface area (Å²) in [5, 5.41) is 14.7. The van der Waals surface area contributed by atoms with Crippen LogP contribution in [0.4, 0.5) is 4.79 Å². The molecule has 2 unspecified atom stereocenters. The molecule has 1 aromatic rings. The summed E-state index contributed by atoms with van der Waals surface area (Å²) in [5.41, 5.74) is 0. The number of hydrogen-bond acceptors (Lipinski definition) is 5.